The molecule has 0 heterocycles. The fraction of sp³-hybridized carbons (Fsp3) is 0.600. The van der Waals surface area contributed by atoms with Gasteiger partial charge in [0.05, 0.1) is 12.7 Å². The molecule has 0 unspecified atom stereocenters. The Balaban J connectivity index is 1.90. The highest BCUT2D eigenvalue weighted by molar-refractivity contribution is 5.25. The zero-order valence-corrected chi connectivity index (χ0v) is 10.4. The van der Waals surface area contributed by atoms with Gasteiger partial charge in [0.25, 0.3) is 0 Å². The second-order valence-electron chi connectivity index (χ2n) is 5.12. The molecule has 0 N–H and O–H groups in total. The molecule has 0 saturated heterocycles. The third kappa shape index (κ3) is 3.08. The summed E-state index contributed by atoms with van der Waals surface area (Å²) in [6, 6.07) is 8.78. The predicted molar refractivity (Wildman–Crippen MR) is 67.6 cm³/mol. The Kier molecular flexibility index (Phi) is 4.00. The second kappa shape index (κ2) is 5.49. The van der Waals surface area contributed by atoms with Gasteiger partial charge in [-0.15, -0.1) is 0 Å². The van der Waals surface area contributed by atoms with Gasteiger partial charge in [0.1, 0.15) is 0 Å². The van der Waals surface area contributed by atoms with E-state index in [4.69, 9.17) is 4.74 Å². The predicted octanol–water partition coefficient (Wildman–Crippen LogP) is 4.27. The van der Waals surface area contributed by atoms with Crippen LogP contribution in [-0.4, -0.2) is 6.10 Å². The highest BCUT2D eigenvalue weighted by Gasteiger charge is 2.15. The minimum absolute atomic E-state index is 0.516. The van der Waals surface area contributed by atoms with Gasteiger partial charge in [0.2, 0.25) is 0 Å². The number of hydrogen-bond donors (Lipinski definition) is 0. The lowest BCUT2D eigenvalue weighted by molar-refractivity contribution is 0.0456. The van der Waals surface area contributed by atoms with Gasteiger partial charge >= 0.3 is 0 Å². The number of ether oxygens (including phenoxy) is 1. The molecule has 0 atom stereocenters. The molecule has 0 aromatic heterocycles. The summed E-state index contributed by atoms with van der Waals surface area (Å²) in [6.45, 7) is 5.25. The van der Waals surface area contributed by atoms with Crippen LogP contribution in [0, 0.1) is 0 Å². The lowest BCUT2D eigenvalue weighted by Crippen LogP contribution is -2.07. The van der Waals surface area contributed by atoms with E-state index in [1.165, 1.54) is 36.8 Å². The van der Waals surface area contributed by atoms with E-state index >= 15 is 0 Å². The van der Waals surface area contributed by atoms with Crippen molar-refractivity contribution in [1.82, 2.24) is 0 Å². The van der Waals surface area contributed by atoms with E-state index in [0.717, 1.165) is 6.61 Å². The Hall–Kier alpha value is -0.820. The average Bonchev–Trinajstić information content (AvgIpc) is 2.79. The van der Waals surface area contributed by atoms with E-state index in [9.17, 15) is 0 Å². The maximum Gasteiger partial charge on any atom is 0.0720 e. The molecule has 1 aliphatic rings. The molecule has 16 heavy (non-hydrogen) atoms. The van der Waals surface area contributed by atoms with Crippen LogP contribution in [0.4, 0.5) is 0 Å². The van der Waals surface area contributed by atoms with E-state index in [1.54, 1.807) is 0 Å². The second-order valence-corrected chi connectivity index (χ2v) is 5.12. The van der Waals surface area contributed by atoms with E-state index in [-0.39, 0.29) is 0 Å². The quantitative estimate of drug-likeness (QED) is 0.733. The zero-order valence-electron chi connectivity index (χ0n) is 10.4. The highest BCUT2D eigenvalue weighted by Crippen LogP contribution is 2.23. The molecule has 1 heteroatoms. The largest absolute Gasteiger partial charge is 0.374 e. The smallest absolute Gasteiger partial charge is 0.0720 e. The van der Waals surface area contributed by atoms with Crippen LogP contribution in [0.15, 0.2) is 24.3 Å². The molecule has 88 valence electrons. The lowest BCUT2D eigenvalue weighted by atomic mass is 10.0. The summed E-state index contributed by atoms with van der Waals surface area (Å²) in [5.41, 5.74) is 2.73. The average molecular weight is 218 g/mol. The summed E-state index contributed by atoms with van der Waals surface area (Å²) < 4.78 is 5.92. The van der Waals surface area contributed by atoms with Crippen LogP contribution in [0.25, 0.3) is 0 Å². The van der Waals surface area contributed by atoms with Gasteiger partial charge in [-0.3, -0.25) is 0 Å². The molecule has 1 aromatic carbocycles. The Morgan fingerprint density at radius 1 is 1.25 bits per heavy atom. The fourth-order valence-electron chi connectivity index (χ4n) is 2.31. The SMILES string of the molecule is CC(C)c1cccc(COC2CCCC2)c1. The van der Waals surface area contributed by atoms with Crippen LogP contribution in [0.5, 0.6) is 0 Å². The van der Waals surface area contributed by atoms with Crippen LogP contribution in [-0.2, 0) is 11.3 Å². The first-order chi connectivity index (χ1) is 7.75. The minimum atomic E-state index is 0.516. The molecule has 0 bridgehead atoms. The molecule has 1 aliphatic carbocycles. The molecule has 1 fully saturated rings. The van der Waals surface area contributed by atoms with Crippen LogP contribution >= 0.6 is 0 Å². The van der Waals surface area contributed by atoms with Gasteiger partial charge in [-0.05, 0) is 29.9 Å². The number of benzene rings is 1. The van der Waals surface area contributed by atoms with Crippen molar-refractivity contribution in [3.8, 4) is 0 Å². The number of rotatable bonds is 4. The van der Waals surface area contributed by atoms with E-state index in [1.807, 2.05) is 0 Å². The van der Waals surface area contributed by atoms with Crippen LogP contribution < -0.4 is 0 Å². The molecule has 2 rings (SSSR count). The van der Waals surface area contributed by atoms with Crippen molar-refractivity contribution < 1.29 is 4.74 Å². The van der Waals surface area contributed by atoms with E-state index < -0.39 is 0 Å². The third-order valence-electron chi connectivity index (χ3n) is 3.41. The van der Waals surface area contributed by atoms with Gasteiger partial charge < -0.3 is 4.74 Å². The number of hydrogen-bond acceptors (Lipinski definition) is 1. The van der Waals surface area contributed by atoms with Gasteiger partial charge in [-0.1, -0.05) is 51.0 Å². The van der Waals surface area contributed by atoms with Crippen molar-refractivity contribution in [1.29, 1.82) is 0 Å². The summed E-state index contributed by atoms with van der Waals surface area (Å²) >= 11 is 0. The molecule has 0 radical (unpaired) electrons. The summed E-state index contributed by atoms with van der Waals surface area (Å²) in [7, 11) is 0. The first-order valence-corrected chi connectivity index (χ1v) is 6.46. The van der Waals surface area contributed by atoms with Gasteiger partial charge in [0.15, 0.2) is 0 Å². The van der Waals surface area contributed by atoms with Crippen LogP contribution in [0.3, 0.4) is 0 Å². The van der Waals surface area contributed by atoms with Crippen molar-refractivity contribution in [2.45, 2.75) is 58.2 Å². The molecule has 1 saturated carbocycles. The Morgan fingerprint density at radius 3 is 2.69 bits per heavy atom. The molecule has 0 amide bonds. The first kappa shape index (κ1) is 11.7. The highest BCUT2D eigenvalue weighted by atomic mass is 16.5. The van der Waals surface area contributed by atoms with Gasteiger partial charge in [-0.25, -0.2) is 0 Å². The zero-order chi connectivity index (χ0) is 11.4. The first-order valence-electron chi connectivity index (χ1n) is 6.46. The molecule has 1 aromatic rings. The third-order valence-corrected chi connectivity index (χ3v) is 3.41. The fourth-order valence-corrected chi connectivity index (χ4v) is 2.31. The molecular formula is C15H22O. The van der Waals surface area contributed by atoms with Gasteiger partial charge in [-0.2, -0.15) is 0 Å². The van der Waals surface area contributed by atoms with Crippen molar-refractivity contribution in [3.63, 3.8) is 0 Å². The molecule has 1 nitrogen and oxygen atoms in total. The van der Waals surface area contributed by atoms with Crippen LogP contribution in [0.2, 0.25) is 0 Å². The van der Waals surface area contributed by atoms with E-state index in [2.05, 4.69) is 38.1 Å². The lowest BCUT2D eigenvalue weighted by Gasteiger charge is -2.12. The minimum Gasteiger partial charge on any atom is -0.374 e. The summed E-state index contributed by atoms with van der Waals surface area (Å²) in [4.78, 5) is 0. The van der Waals surface area contributed by atoms with Crippen LogP contribution in [0.1, 0.15) is 56.6 Å². The Labute approximate surface area is 98.8 Å². The standard InChI is InChI=1S/C15H22O/c1-12(2)14-7-5-6-13(10-14)11-16-15-8-3-4-9-15/h5-7,10,12,15H,3-4,8-9,11H2,1-2H3. The van der Waals surface area contributed by atoms with Crippen molar-refractivity contribution in [2.75, 3.05) is 0 Å². The van der Waals surface area contributed by atoms with E-state index in [0.29, 0.717) is 12.0 Å². The summed E-state index contributed by atoms with van der Waals surface area (Å²) in [5.74, 6) is 0.603. The maximum absolute atomic E-state index is 5.92. The Morgan fingerprint density at radius 2 is 2.00 bits per heavy atom. The molecule has 0 aliphatic heterocycles. The Bertz CT molecular complexity index is 324. The van der Waals surface area contributed by atoms with Crippen molar-refractivity contribution >= 4 is 0 Å². The topological polar surface area (TPSA) is 9.23 Å². The monoisotopic (exact) mass is 218 g/mol. The maximum atomic E-state index is 5.92. The van der Waals surface area contributed by atoms with Crippen molar-refractivity contribution in [3.05, 3.63) is 35.4 Å². The summed E-state index contributed by atoms with van der Waals surface area (Å²) in [6.07, 6.45) is 5.71. The van der Waals surface area contributed by atoms with Gasteiger partial charge in [0, 0.05) is 0 Å². The normalized spacial score (nSPS) is 17.2. The molecular weight excluding hydrogens is 196 g/mol. The summed E-state index contributed by atoms with van der Waals surface area (Å²) in [5, 5.41) is 0. The molecule has 0 spiro atoms. The van der Waals surface area contributed by atoms with Crippen molar-refractivity contribution in [2.24, 2.45) is 0 Å².